The molecule has 6 nitrogen and oxygen atoms in total. The van der Waals surface area contributed by atoms with Crippen molar-refractivity contribution >= 4 is 21.8 Å². The Hall–Kier alpha value is -2.74. The zero-order valence-electron chi connectivity index (χ0n) is 16.1. The van der Waals surface area contributed by atoms with Crippen molar-refractivity contribution in [3.05, 3.63) is 65.0 Å². The van der Waals surface area contributed by atoms with Crippen molar-refractivity contribution in [1.29, 1.82) is 0 Å². The summed E-state index contributed by atoms with van der Waals surface area (Å²) in [6, 6.07) is 11.7. The van der Waals surface area contributed by atoms with Gasteiger partial charge in [0.05, 0.1) is 5.92 Å². The van der Waals surface area contributed by atoms with E-state index in [1.54, 1.807) is 43.3 Å². The number of nitrogens with zero attached hydrogens (tertiary/aromatic N) is 2. The number of fused-ring (bicyclic) bond motifs is 1. The normalized spacial score (nSPS) is 20.1. The van der Waals surface area contributed by atoms with Crippen LogP contribution >= 0.6 is 0 Å². The van der Waals surface area contributed by atoms with Gasteiger partial charge in [-0.15, -0.1) is 4.40 Å². The van der Waals surface area contributed by atoms with Crippen molar-refractivity contribution in [2.75, 3.05) is 13.1 Å². The van der Waals surface area contributed by atoms with Crippen LogP contribution in [0.15, 0.2) is 51.8 Å². The Balaban J connectivity index is 1.45. The first-order valence-corrected chi connectivity index (χ1v) is 11.0. The van der Waals surface area contributed by atoms with Gasteiger partial charge in [0.2, 0.25) is 5.91 Å². The molecule has 2 aliphatic rings. The summed E-state index contributed by atoms with van der Waals surface area (Å²) in [6.45, 7) is 3.00. The monoisotopic (exact) mass is 415 g/mol. The van der Waals surface area contributed by atoms with Crippen LogP contribution in [0.25, 0.3) is 0 Å². The van der Waals surface area contributed by atoms with Gasteiger partial charge in [0, 0.05) is 25.2 Å². The molecule has 0 aromatic heterocycles. The number of rotatable bonds is 3. The van der Waals surface area contributed by atoms with E-state index in [9.17, 15) is 17.6 Å². The predicted molar refractivity (Wildman–Crippen MR) is 107 cm³/mol. The molecule has 2 heterocycles. The molecule has 2 aromatic rings. The first kappa shape index (κ1) is 19.6. The average molecular weight is 415 g/mol. The summed E-state index contributed by atoms with van der Waals surface area (Å²) in [6.07, 6.45) is 1.48. The van der Waals surface area contributed by atoms with Crippen LogP contribution in [-0.2, 0) is 21.4 Å². The van der Waals surface area contributed by atoms with Gasteiger partial charge < -0.3 is 10.2 Å². The van der Waals surface area contributed by atoms with Gasteiger partial charge in [-0.1, -0.05) is 24.3 Å². The van der Waals surface area contributed by atoms with Crippen LogP contribution in [0.3, 0.4) is 0 Å². The lowest BCUT2D eigenvalue weighted by molar-refractivity contribution is -0.126. The molecule has 152 valence electrons. The third-order valence-electron chi connectivity index (χ3n) is 5.41. The minimum Gasteiger partial charge on any atom is -0.355 e. The second-order valence-electron chi connectivity index (χ2n) is 7.47. The lowest BCUT2D eigenvalue weighted by atomic mass is 9.96. The van der Waals surface area contributed by atoms with Crippen LogP contribution in [0, 0.1) is 18.7 Å². The smallest absolute Gasteiger partial charge is 0.285 e. The first-order valence-electron chi connectivity index (χ1n) is 9.57. The number of piperidine rings is 1. The molecule has 2 aromatic carbocycles. The molecule has 8 heteroatoms. The Kier molecular flexibility index (Phi) is 5.12. The van der Waals surface area contributed by atoms with E-state index >= 15 is 0 Å². The van der Waals surface area contributed by atoms with E-state index in [1.807, 2.05) is 4.90 Å². The molecular formula is C21H22FN3O3S. The summed E-state index contributed by atoms with van der Waals surface area (Å²) in [5.41, 5.74) is 1.86. The number of sulfonamides is 1. The topological polar surface area (TPSA) is 78.8 Å². The van der Waals surface area contributed by atoms with Gasteiger partial charge >= 0.3 is 0 Å². The fourth-order valence-corrected chi connectivity index (χ4v) is 5.01. The minimum absolute atomic E-state index is 0.120. The van der Waals surface area contributed by atoms with Crippen molar-refractivity contribution in [1.82, 2.24) is 10.2 Å². The summed E-state index contributed by atoms with van der Waals surface area (Å²) in [4.78, 5) is 14.8. The van der Waals surface area contributed by atoms with Gasteiger partial charge in [-0.05, 0) is 49.1 Å². The number of hydrogen-bond donors (Lipinski definition) is 1. The maximum absolute atomic E-state index is 13.7. The molecule has 0 bridgehead atoms. The van der Waals surface area contributed by atoms with Gasteiger partial charge in [0.1, 0.15) is 10.7 Å². The van der Waals surface area contributed by atoms with Crippen molar-refractivity contribution in [3.8, 4) is 0 Å². The van der Waals surface area contributed by atoms with E-state index in [0.717, 1.165) is 6.42 Å². The SMILES string of the molecule is Cc1ccc(CNC(=O)[C@H]2CCCN(C3=NS(=O)(=O)c4ccccc43)C2)cc1F. The van der Waals surface area contributed by atoms with Crippen LogP contribution in [0.2, 0.25) is 0 Å². The molecule has 0 saturated carbocycles. The molecule has 0 aliphatic carbocycles. The van der Waals surface area contributed by atoms with Crippen molar-refractivity contribution in [2.24, 2.45) is 10.3 Å². The van der Waals surface area contributed by atoms with E-state index in [-0.39, 0.29) is 29.1 Å². The average Bonchev–Trinajstić information content (AvgIpc) is 3.00. The number of likely N-dealkylation sites (tertiary alicyclic amines) is 1. The maximum Gasteiger partial charge on any atom is 0.285 e. The van der Waals surface area contributed by atoms with Gasteiger partial charge in [0.25, 0.3) is 10.0 Å². The van der Waals surface area contributed by atoms with Gasteiger partial charge in [-0.25, -0.2) is 4.39 Å². The molecule has 0 radical (unpaired) electrons. The molecular weight excluding hydrogens is 393 g/mol. The Labute approximate surface area is 169 Å². The molecule has 1 atom stereocenters. The van der Waals surface area contributed by atoms with Crippen LogP contribution in [0.5, 0.6) is 0 Å². The fourth-order valence-electron chi connectivity index (χ4n) is 3.78. The van der Waals surface area contributed by atoms with Crippen LogP contribution < -0.4 is 5.32 Å². The molecule has 2 aliphatic heterocycles. The summed E-state index contributed by atoms with van der Waals surface area (Å²) in [5.74, 6) is -0.277. The molecule has 4 rings (SSSR count). The first-order chi connectivity index (χ1) is 13.8. The van der Waals surface area contributed by atoms with Crippen molar-refractivity contribution in [2.45, 2.75) is 31.2 Å². The fraction of sp³-hybridized carbons (Fsp3) is 0.333. The lowest BCUT2D eigenvalue weighted by Gasteiger charge is -2.33. The quantitative estimate of drug-likeness (QED) is 0.836. The van der Waals surface area contributed by atoms with Crippen LogP contribution in [-0.4, -0.2) is 38.2 Å². The standard InChI is InChI=1S/C21H22FN3O3S/c1-14-8-9-15(11-18(14)22)12-23-21(26)16-5-4-10-25(13-16)20-17-6-2-3-7-19(17)29(27,28)24-20/h2-3,6-9,11,16H,4-5,10,12-13H2,1H3,(H,23,26)/t16-/m0/s1. The number of benzene rings is 2. The number of amides is 1. The Morgan fingerprint density at radius 1 is 1.28 bits per heavy atom. The van der Waals surface area contributed by atoms with E-state index < -0.39 is 10.0 Å². The molecule has 29 heavy (non-hydrogen) atoms. The molecule has 0 unspecified atom stereocenters. The van der Waals surface area contributed by atoms with E-state index in [2.05, 4.69) is 9.71 Å². The lowest BCUT2D eigenvalue weighted by Crippen LogP contribution is -2.45. The number of aryl methyl sites for hydroxylation is 1. The zero-order valence-corrected chi connectivity index (χ0v) is 16.9. The summed E-state index contributed by atoms with van der Waals surface area (Å²) < 4.78 is 42.3. The third kappa shape index (κ3) is 3.89. The Morgan fingerprint density at radius 3 is 2.86 bits per heavy atom. The Bertz CT molecular complexity index is 1100. The summed E-state index contributed by atoms with van der Waals surface area (Å²) in [7, 11) is -3.69. The van der Waals surface area contributed by atoms with Crippen molar-refractivity contribution < 1.29 is 17.6 Å². The van der Waals surface area contributed by atoms with E-state index in [0.29, 0.717) is 42.0 Å². The Morgan fingerprint density at radius 2 is 2.07 bits per heavy atom. The number of hydrogen-bond acceptors (Lipinski definition) is 4. The molecule has 1 N–H and O–H groups in total. The minimum atomic E-state index is -3.69. The summed E-state index contributed by atoms with van der Waals surface area (Å²) in [5, 5.41) is 2.87. The number of carbonyl (C=O) groups excluding carboxylic acids is 1. The second-order valence-corrected chi connectivity index (χ2v) is 9.05. The molecule has 1 saturated heterocycles. The number of amidine groups is 1. The highest BCUT2D eigenvalue weighted by Gasteiger charge is 2.35. The number of halogens is 1. The van der Waals surface area contributed by atoms with E-state index in [4.69, 9.17) is 0 Å². The van der Waals surface area contributed by atoms with Gasteiger partial charge in [-0.2, -0.15) is 8.42 Å². The van der Waals surface area contributed by atoms with E-state index in [1.165, 1.54) is 6.07 Å². The van der Waals surface area contributed by atoms with Crippen molar-refractivity contribution in [3.63, 3.8) is 0 Å². The van der Waals surface area contributed by atoms with Crippen LogP contribution in [0.4, 0.5) is 4.39 Å². The molecule has 1 amide bonds. The highest BCUT2D eigenvalue weighted by molar-refractivity contribution is 7.90. The molecule has 1 fully saturated rings. The number of carbonyl (C=O) groups is 1. The van der Waals surface area contributed by atoms with Gasteiger partial charge in [0.15, 0.2) is 5.84 Å². The molecule has 0 spiro atoms. The summed E-state index contributed by atoms with van der Waals surface area (Å²) >= 11 is 0. The van der Waals surface area contributed by atoms with Gasteiger partial charge in [-0.3, -0.25) is 4.79 Å². The second kappa shape index (κ2) is 7.59. The highest BCUT2D eigenvalue weighted by atomic mass is 32.2. The highest BCUT2D eigenvalue weighted by Crippen LogP contribution is 2.29. The maximum atomic E-state index is 13.7. The van der Waals surface area contributed by atoms with Crippen LogP contribution in [0.1, 0.15) is 29.5 Å². The predicted octanol–water partition coefficient (Wildman–Crippen LogP) is 2.61. The number of nitrogens with one attached hydrogen (secondary N) is 1. The zero-order chi connectivity index (χ0) is 20.6. The largest absolute Gasteiger partial charge is 0.355 e. The third-order valence-corrected chi connectivity index (χ3v) is 6.73.